The Morgan fingerprint density at radius 1 is 1.43 bits per heavy atom. The zero-order valence-corrected chi connectivity index (χ0v) is 15.3. The van der Waals surface area contributed by atoms with Gasteiger partial charge >= 0.3 is 0 Å². The van der Waals surface area contributed by atoms with Crippen LogP contribution < -0.4 is 16.6 Å². The normalized spacial score (nSPS) is 11.8. The molecule has 0 aliphatic carbocycles. The summed E-state index contributed by atoms with van der Waals surface area (Å²) < 4.78 is 0.748. The van der Waals surface area contributed by atoms with E-state index in [0.29, 0.717) is 23.0 Å². The van der Waals surface area contributed by atoms with E-state index in [1.54, 1.807) is 0 Å². The van der Waals surface area contributed by atoms with E-state index in [4.69, 9.17) is 5.73 Å². The second-order valence-electron chi connectivity index (χ2n) is 5.26. The lowest BCUT2D eigenvalue weighted by molar-refractivity contribution is 0.0937. The molecule has 2 rings (SSSR count). The summed E-state index contributed by atoms with van der Waals surface area (Å²) in [5.74, 6) is -0.263. The number of nitrogens with one attached hydrogen (secondary N) is 2. The van der Waals surface area contributed by atoms with Crippen molar-refractivity contribution < 1.29 is 4.79 Å². The Kier molecular flexibility index (Phi) is 7.75. The molecular weight excluding hydrogens is 382 g/mol. The Balaban J connectivity index is 0.00000264. The summed E-state index contributed by atoms with van der Waals surface area (Å²) in [6.45, 7) is 2.48. The van der Waals surface area contributed by atoms with Crippen LogP contribution in [0.5, 0.6) is 0 Å². The molecule has 1 atom stereocenters. The van der Waals surface area contributed by atoms with Crippen molar-refractivity contribution in [1.29, 1.82) is 0 Å². The van der Waals surface area contributed by atoms with Crippen LogP contribution in [-0.4, -0.2) is 23.5 Å². The van der Waals surface area contributed by atoms with Gasteiger partial charge in [0.1, 0.15) is 0 Å². The minimum atomic E-state index is -0.303. The maximum Gasteiger partial charge on any atom is 0.252 e. The molecule has 5 nitrogen and oxygen atoms in total. The third kappa shape index (κ3) is 4.80. The van der Waals surface area contributed by atoms with Crippen molar-refractivity contribution in [2.45, 2.75) is 32.2 Å². The second kappa shape index (κ2) is 9.05. The van der Waals surface area contributed by atoms with Crippen molar-refractivity contribution in [3.63, 3.8) is 0 Å². The molecule has 2 aromatic rings. The molecular formula is C16H21BrClN3O2. The number of aromatic amines is 1. The first kappa shape index (κ1) is 19.7. The van der Waals surface area contributed by atoms with Crippen molar-refractivity contribution >= 4 is 45.1 Å². The van der Waals surface area contributed by atoms with E-state index in [2.05, 4.69) is 33.2 Å². The third-order valence-electron chi connectivity index (χ3n) is 3.60. The highest BCUT2D eigenvalue weighted by atomic mass is 79.9. The van der Waals surface area contributed by atoms with E-state index < -0.39 is 0 Å². The van der Waals surface area contributed by atoms with Crippen molar-refractivity contribution in [3.8, 4) is 0 Å². The van der Waals surface area contributed by atoms with Crippen LogP contribution >= 0.6 is 28.3 Å². The number of halogens is 2. The minimum absolute atomic E-state index is 0. The lowest BCUT2D eigenvalue weighted by Crippen LogP contribution is -2.40. The quantitative estimate of drug-likeness (QED) is 0.694. The SMILES string of the molecule is CCCCC(CN)NC(=O)c1cc(=O)[nH]c2c(Br)cccc12.Cl. The van der Waals surface area contributed by atoms with Crippen molar-refractivity contribution in [1.82, 2.24) is 10.3 Å². The predicted molar refractivity (Wildman–Crippen MR) is 99.4 cm³/mol. The van der Waals surface area contributed by atoms with Crippen molar-refractivity contribution in [2.75, 3.05) is 6.54 Å². The highest BCUT2D eigenvalue weighted by Gasteiger charge is 2.16. The van der Waals surface area contributed by atoms with Gasteiger partial charge in [-0.1, -0.05) is 31.9 Å². The van der Waals surface area contributed by atoms with Gasteiger partial charge in [-0.2, -0.15) is 0 Å². The summed E-state index contributed by atoms with van der Waals surface area (Å²) in [7, 11) is 0. The molecule has 1 aromatic heterocycles. The van der Waals surface area contributed by atoms with Gasteiger partial charge in [-0.3, -0.25) is 9.59 Å². The Morgan fingerprint density at radius 3 is 2.83 bits per heavy atom. The maximum atomic E-state index is 12.5. The summed E-state index contributed by atoms with van der Waals surface area (Å²) in [6, 6.07) is 6.73. The summed E-state index contributed by atoms with van der Waals surface area (Å²) >= 11 is 3.39. The minimum Gasteiger partial charge on any atom is -0.348 e. The summed E-state index contributed by atoms with van der Waals surface area (Å²) in [6.07, 6.45) is 2.89. The number of unbranched alkanes of at least 4 members (excludes halogenated alkanes) is 1. The Bertz CT molecular complexity index is 733. The van der Waals surface area contributed by atoms with Gasteiger partial charge < -0.3 is 16.0 Å². The van der Waals surface area contributed by atoms with Gasteiger partial charge in [0.2, 0.25) is 5.56 Å². The van der Waals surface area contributed by atoms with Crippen LogP contribution in [0.4, 0.5) is 0 Å². The molecule has 0 saturated carbocycles. The molecule has 23 heavy (non-hydrogen) atoms. The first-order valence-electron chi connectivity index (χ1n) is 7.39. The number of pyridine rings is 1. The molecule has 126 valence electrons. The van der Waals surface area contributed by atoms with Crippen LogP contribution in [0.15, 0.2) is 33.5 Å². The van der Waals surface area contributed by atoms with Crippen LogP contribution in [0.25, 0.3) is 10.9 Å². The van der Waals surface area contributed by atoms with E-state index in [0.717, 1.165) is 23.7 Å². The highest BCUT2D eigenvalue weighted by molar-refractivity contribution is 9.10. The molecule has 0 spiro atoms. The molecule has 1 heterocycles. The number of H-pyrrole nitrogens is 1. The average Bonchev–Trinajstić information content (AvgIpc) is 2.51. The number of aromatic nitrogens is 1. The molecule has 0 aliphatic rings. The lowest BCUT2D eigenvalue weighted by atomic mass is 10.1. The number of hydrogen-bond acceptors (Lipinski definition) is 3. The number of hydrogen-bond donors (Lipinski definition) is 3. The Morgan fingerprint density at radius 2 is 2.17 bits per heavy atom. The van der Waals surface area contributed by atoms with Gasteiger partial charge in [-0.15, -0.1) is 12.4 Å². The fourth-order valence-corrected chi connectivity index (χ4v) is 2.86. The van der Waals surface area contributed by atoms with Crippen molar-refractivity contribution in [2.24, 2.45) is 5.73 Å². The monoisotopic (exact) mass is 401 g/mol. The first-order valence-corrected chi connectivity index (χ1v) is 8.18. The Labute approximate surface area is 149 Å². The number of rotatable bonds is 6. The van der Waals surface area contributed by atoms with Crippen LogP contribution in [0.3, 0.4) is 0 Å². The van der Waals surface area contributed by atoms with Gasteiger partial charge in [0.05, 0.1) is 11.1 Å². The van der Waals surface area contributed by atoms with Crippen LogP contribution in [0.2, 0.25) is 0 Å². The second-order valence-corrected chi connectivity index (χ2v) is 6.11. The predicted octanol–water partition coefficient (Wildman–Crippen LogP) is 2.96. The summed E-state index contributed by atoms with van der Waals surface area (Å²) in [4.78, 5) is 27.1. The fraction of sp³-hybridized carbons (Fsp3) is 0.375. The number of benzene rings is 1. The Hall–Kier alpha value is -1.37. The molecule has 0 saturated heterocycles. The number of para-hydroxylation sites is 1. The first-order chi connectivity index (χ1) is 10.6. The summed E-state index contributed by atoms with van der Waals surface area (Å²) in [5, 5.41) is 3.63. The zero-order chi connectivity index (χ0) is 16.1. The number of carbonyl (C=O) groups excluding carboxylic acids is 1. The topological polar surface area (TPSA) is 88.0 Å². The molecule has 7 heteroatoms. The molecule has 4 N–H and O–H groups in total. The van der Waals surface area contributed by atoms with Crippen molar-refractivity contribution in [3.05, 3.63) is 44.7 Å². The largest absolute Gasteiger partial charge is 0.348 e. The highest BCUT2D eigenvalue weighted by Crippen LogP contribution is 2.23. The molecule has 0 bridgehead atoms. The van der Waals surface area contributed by atoms with Gasteiger partial charge in [0, 0.05) is 28.5 Å². The molecule has 1 aromatic carbocycles. The van der Waals surface area contributed by atoms with Crippen LogP contribution in [-0.2, 0) is 0 Å². The molecule has 1 unspecified atom stereocenters. The summed E-state index contributed by atoms with van der Waals surface area (Å²) in [5.41, 5.74) is 6.41. The van der Waals surface area contributed by atoms with Gasteiger partial charge in [0.25, 0.3) is 5.91 Å². The van der Waals surface area contributed by atoms with Gasteiger partial charge in [-0.05, 0) is 28.4 Å². The molecule has 0 fully saturated rings. The fourth-order valence-electron chi connectivity index (χ4n) is 2.39. The maximum absolute atomic E-state index is 12.5. The number of nitrogens with two attached hydrogens (primary N) is 1. The van der Waals surface area contributed by atoms with Gasteiger partial charge in [-0.25, -0.2) is 0 Å². The average molecular weight is 403 g/mol. The molecule has 0 radical (unpaired) electrons. The smallest absolute Gasteiger partial charge is 0.252 e. The van der Waals surface area contributed by atoms with E-state index in [1.807, 2.05) is 18.2 Å². The van der Waals surface area contributed by atoms with E-state index in [-0.39, 0.29) is 29.9 Å². The third-order valence-corrected chi connectivity index (χ3v) is 4.26. The van der Waals surface area contributed by atoms with Crippen LogP contribution in [0, 0.1) is 0 Å². The van der Waals surface area contributed by atoms with E-state index >= 15 is 0 Å². The lowest BCUT2D eigenvalue weighted by Gasteiger charge is -2.17. The standard InChI is InChI=1S/C16H20BrN3O2.ClH/c1-2-3-5-10(9-18)19-16(22)12-8-14(21)20-15-11(12)6-4-7-13(15)17;/h4,6-8,10H,2-3,5,9,18H2,1H3,(H,19,22)(H,20,21);1H. The number of carbonyl (C=O) groups is 1. The van der Waals surface area contributed by atoms with Gasteiger partial charge in [0.15, 0.2) is 0 Å². The van der Waals surface area contributed by atoms with E-state index in [9.17, 15) is 9.59 Å². The number of amides is 1. The zero-order valence-electron chi connectivity index (χ0n) is 12.9. The van der Waals surface area contributed by atoms with E-state index in [1.165, 1.54) is 6.07 Å². The molecule has 0 aliphatic heterocycles. The number of fused-ring (bicyclic) bond motifs is 1. The molecule has 1 amide bonds. The van der Waals surface area contributed by atoms with Crippen LogP contribution in [0.1, 0.15) is 36.5 Å².